The van der Waals surface area contributed by atoms with E-state index in [-0.39, 0.29) is 6.04 Å². The maximum Gasteiger partial charge on any atom is 0.335 e. The van der Waals surface area contributed by atoms with Crippen molar-refractivity contribution in [2.24, 2.45) is 0 Å². The zero-order valence-electron chi connectivity index (χ0n) is 15.2. The van der Waals surface area contributed by atoms with Gasteiger partial charge >= 0.3 is 10.3 Å². The summed E-state index contributed by atoms with van der Waals surface area (Å²) in [6, 6.07) is 10.9. The summed E-state index contributed by atoms with van der Waals surface area (Å²) >= 11 is 0. The van der Waals surface area contributed by atoms with E-state index in [9.17, 15) is 13.5 Å². The number of aliphatic hydroxyl groups is 1. The molecule has 10 heteroatoms. The number of aliphatic hydroxyl groups excluding tert-OH is 1. The highest BCUT2D eigenvalue weighted by atomic mass is 32.2. The second kappa shape index (κ2) is 7.47. The second-order valence-electron chi connectivity index (χ2n) is 6.74. The lowest BCUT2D eigenvalue weighted by Crippen LogP contribution is -2.40. The Morgan fingerprint density at radius 2 is 2.00 bits per heavy atom. The van der Waals surface area contributed by atoms with Gasteiger partial charge in [-0.1, -0.05) is 18.2 Å². The van der Waals surface area contributed by atoms with Gasteiger partial charge in [0.25, 0.3) is 0 Å². The molecule has 2 heterocycles. The minimum absolute atomic E-state index is 0.0779. The van der Waals surface area contributed by atoms with Gasteiger partial charge in [0.2, 0.25) is 0 Å². The zero-order valence-corrected chi connectivity index (χ0v) is 16.0. The van der Waals surface area contributed by atoms with Gasteiger partial charge in [-0.2, -0.15) is 18.2 Å². The van der Waals surface area contributed by atoms with Crippen LogP contribution in [0.5, 0.6) is 0 Å². The van der Waals surface area contributed by atoms with Gasteiger partial charge in [0.15, 0.2) is 5.82 Å². The fourth-order valence-corrected chi connectivity index (χ4v) is 4.36. The molecule has 1 aromatic carbocycles. The maximum atomic E-state index is 11.6. The van der Waals surface area contributed by atoms with Crippen LogP contribution in [0.2, 0.25) is 0 Å². The largest absolute Gasteiger partial charge is 0.391 e. The molecular weight excluding hydrogens is 382 g/mol. The normalized spacial score (nSPS) is 22.6. The molecule has 0 spiro atoms. The third-order valence-electron chi connectivity index (χ3n) is 5.00. The number of nitrogens with one attached hydrogen (secondary N) is 2. The van der Waals surface area contributed by atoms with Crippen LogP contribution in [0.1, 0.15) is 18.9 Å². The molecule has 1 fully saturated rings. The summed E-state index contributed by atoms with van der Waals surface area (Å²) in [5, 5.41) is 22.8. The highest BCUT2D eigenvalue weighted by Crippen LogP contribution is 2.35. The van der Waals surface area contributed by atoms with E-state index in [0.717, 1.165) is 23.7 Å². The van der Waals surface area contributed by atoms with E-state index in [1.807, 2.05) is 47.2 Å². The van der Waals surface area contributed by atoms with Crippen LogP contribution in [-0.4, -0.2) is 47.5 Å². The van der Waals surface area contributed by atoms with Gasteiger partial charge < -0.3 is 15.0 Å². The van der Waals surface area contributed by atoms with Crippen LogP contribution in [0.3, 0.4) is 0 Å². The molecule has 0 unspecified atom stereocenters. The van der Waals surface area contributed by atoms with Crippen molar-refractivity contribution in [3.63, 3.8) is 0 Å². The predicted octanol–water partition coefficient (Wildman–Crippen LogP) is 1.72. The van der Waals surface area contributed by atoms with E-state index >= 15 is 0 Å². The molecule has 1 saturated carbocycles. The standard InChI is InChI=1S/C18H21N5O4S/c1-27-28(25,26)22-15-9-13(10-17(15)24)23-8-7-14-16(23)11-19-21-18(14)20-12-5-3-2-4-6-12/h2-8,11,13,15,17,22,24H,9-10H2,1H3,(H,20,21)/t13-,15+,17+/m1/s1. The number of hydrogen-bond acceptors (Lipinski definition) is 7. The average molecular weight is 403 g/mol. The van der Waals surface area contributed by atoms with E-state index in [1.54, 1.807) is 6.20 Å². The molecule has 148 valence electrons. The maximum absolute atomic E-state index is 11.6. The molecule has 1 aliphatic carbocycles. The Morgan fingerprint density at radius 1 is 1.21 bits per heavy atom. The van der Waals surface area contributed by atoms with E-state index in [2.05, 4.69) is 24.4 Å². The molecule has 3 atom stereocenters. The van der Waals surface area contributed by atoms with E-state index in [0.29, 0.717) is 18.7 Å². The SMILES string of the molecule is COS(=O)(=O)N[C@H]1C[C@@H](n2ccc3c(Nc4ccccc4)nncc32)C[C@@H]1O. The number of anilines is 2. The quantitative estimate of drug-likeness (QED) is 0.573. The van der Waals surface area contributed by atoms with Gasteiger partial charge in [-0.15, -0.1) is 5.10 Å². The highest BCUT2D eigenvalue weighted by Gasteiger charge is 2.36. The molecule has 4 rings (SSSR count). The molecule has 3 aromatic rings. The number of aromatic nitrogens is 3. The molecule has 0 bridgehead atoms. The van der Waals surface area contributed by atoms with Crippen molar-refractivity contribution in [1.29, 1.82) is 0 Å². The average Bonchev–Trinajstić information content (AvgIpc) is 3.27. The van der Waals surface area contributed by atoms with Crippen molar-refractivity contribution in [1.82, 2.24) is 19.5 Å². The highest BCUT2D eigenvalue weighted by molar-refractivity contribution is 7.84. The number of para-hydroxylation sites is 1. The molecule has 0 radical (unpaired) electrons. The monoisotopic (exact) mass is 403 g/mol. The Balaban J connectivity index is 1.59. The first-order valence-electron chi connectivity index (χ1n) is 8.87. The molecule has 0 aliphatic heterocycles. The molecule has 2 aromatic heterocycles. The Labute approximate surface area is 162 Å². The lowest BCUT2D eigenvalue weighted by atomic mass is 10.2. The summed E-state index contributed by atoms with van der Waals surface area (Å²) in [5.41, 5.74) is 1.77. The molecule has 0 amide bonds. The summed E-state index contributed by atoms with van der Waals surface area (Å²) in [5.74, 6) is 0.637. The van der Waals surface area contributed by atoms with Crippen LogP contribution in [0, 0.1) is 0 Å². The summed E-state index contributed by atoms with van der Waals surface area (Å²) in [6.45, 7) is 0. The third kappa shape index (κ3) is 3.72. The van der Waals surface area contributed by atoms with Crippen LogP contribution in [0.25, 0.3) is 10.9 Å². The van der Waals surface area contributed by atoms with Gasteiger partial charge in [0, 0.05) is 23.3 Å². The van der Waals surface area contributed by atoms with Gasteiger partial charge in [0.05, 0.1) is 31.0 Å². The lowest BCUT2D eigenvalue weighted by Gasteiger charge is -2.15. The third-order valence-corrected chi connectivity index (χ3v) is 6.03. The van der Waals surface area contributed by atoms with Gasteiger partial charge in [-0.3, -0.25) is 4.18 Å². The van der Waals surface area contributed by atoms with Gasteiger partial charge in [0.1, 0.15) is 0 Å². The first kappa shape index (κ1) is 18.8. The van der Waals surface area contributed by atoms with E-state index in [4.69, 9.17) is 0 Å². The lowest BCUT2D eigenvalue weighted by molar-refractivity contribution is 0.154. The van der Waals surface area contributed by atoms with E-state index < -0.39 is 22.4 Å². The summed E-state index contributed by atoms with van der Waals surface area (Å²) in [6.07, 6.45) is 3.64. The smallest absolute Gasteiger partial charge is 0.335 e. The fourth-order valence-electron chi connectivity index (χ4n) is 3.64. The summed E-state index contributed by atoms with van der Waals surface area (Å²) < 4.78 is 32.1. The minimum Gasteiger partial charge on any atom is -0.391 e. The molecule has 0 saturated heterocycles. The molecular formula is C18H21N5O4S. The number of rotatable bonds is 6. The number of nitrogens with zero attached hydrogens (tertiary/aromatic N) is 3. The first-order valence-corrected chi connectivity index (χ1v) is 10.3. The topological polar surface area (TPSA) is 118 Å². The Morgan fingerprint density at radius 3 is 2.75 bits per heavy atom. The van der Waals surface area contributed by atoms with E-state index in [1.165, 1.54) is 0 Å². The van der Waals surface area contributed by atoms with Crippen LogP contribution in [-0.2, 0) is 14.5 Å². The Kier molecular flexibility index (Phi) is 5.02. The number of benzene rings is 1. The summed E-state index contributed by atoms with van der Waals surface area (Å²) in [7, 11) is -2.78. The predicted molar refractivity (Wildman–Crippen MR) is 104 cm³/mol. The van der Waals surface area contributed by atoms with Crippen LogP contribution >= 0.6 is 0 Å². The number of fused-ring (bicyclic) bond motifs is 1. The molecule has 3 N–H and O–H groups in total. The van der Waals surface area contributed by atoms with Gasteiger partial charge in [-0.05, 0) is 31.0 Å². The van der Waals surface area contributed by atoms with Crippen molar-refractivity contribution in [3.8, 4) is 0 Å². The fraction of sp³-hybridized carbons (Fsp3) is 0.333. The zero-order chi connectivity index (χ0) is 19.7. The summed E-state index contributed by atoms with van der Waals surface area (Å²) in [4.78, 5) is 0. The molecule has 1 aliphatic rings. The Hall–Kier alpha value is -2.53. The van der Waals surface area contributed by atoms with Gasteiger partial charge in [-0.25, -0.2) is 0 Å². The van der Waals surface area contributed by atoms with Crippen LogP contribution < -0.4 is 10.0 Å². The van der Waals surface area contributed by atoms with Crippen molar-refractivity contribution >= 4 is 32.7 Å². The van der Waals surface area contributed by atoms with Crippen LogP contribution in [0.15, 0.2) is 48.8 Å². The molecule has 28 heavy (non-hydrogen) atoms. The Bertz CT molecular complexity index is 1070. The molecule has 9 nitrogen and oxygen atoms in total. The van der Waals surface area contributed by atoms with Crippen molar-refractivity contribution in [3.05, 3.63) is 48.8 Å². The van der Waals surface area contributed by atoms with Crippen molar-refractivity contribution in [2.75, 3.05) is 12.4 Å². The number of hydrogen-bond donors (Lipinski definition) is 3. The first-order chi connectivity index (χ1) is 13.5. The minimum atomic E-state index is -3.86. The van der Waals surface area contributed by atoms with Crippen molar-refractivity contribution in [2.45, 2.75) is 31.0 Å². The second-order valence-corrected chi connectivity index (χ2v) is 8.22. The van der Waals surface area contributed by atoms with Crippen LogP contribution in [0.4, 0.5) is 11.5 Å². The van der Waals surface area contributed by atoms with Crippen molar-refractivity contribution < 1.29 is 17.7 Å².